The van der Waals surface area contributed by atoms with Gasteiger partial charge in [0.25, 0.3) is 5.91 Å². The van der Waals surface area contributed by atoms with Crippen LogP contribution in [0.5, 0.6) is 5.75 Å². The fourth-order valence-electron chi connectivity index (χ4n) is 3.55. The van der Waals surface area contributed by atoms with Crippen LogP contribution in [0.2, 0.25) is 0 Å². The Bertz CT molecular complexity index is 1270. The number of phenols is 1. The fourth-order valence-corrected chi connectivity index (χ4v) is 5.14. The van der Waals surface area contributed by atoms with Gasteiger partial charge in [-0.05, 0) is 55.8 Å². The molecule has 0 radical (unpaired) electrons. The number of aryl methyl sites for hydroxylation is 2. The van der Waals surface area contributed by atoms with Crippen molar-refractivity contribution in [3.05, 3.63) is 65.5 Å². The second kappa shape index (κ2) is 8.32. The molecule has 0 unspecified atom stereocenters. The Balaban J connectivity index is 1.48. The molecule has 1 saturated heterocycles. The van der Waals surface area contributed by atoms with Crippen molar-refractivity contribution < 1.29 is 22.7 Å². The van der Waals surface area contributed by atoms with Crippen LogP contribution in [-0.4, -0.2) is 69.6 Å². The number of hydrogen-bond acceptors (Lipinski definition) is 6. The number of halogens is 1. The maximum absolute atomic E-state index is 13.2. The zero-order valence-corrected chi connectivity index (χ0v) is 18.4. The summed E-state index contributed by atoms with van der Waals surface area (Å²) in [4.78, 5) is 18.5. The Hall–Kier alpha value is -3.31. The van der Waals surface area contributed by atoms with E-state index in [2.05, 4.69) is 10.1 Å². The maximum atomic E-state index is 13.2. The second-order valence-electron chi connectivity index (χ2n) is 7.54. The zero-order valence-electron chi connectivity index (χ0n) is 17.6. The third kappa shape index (κ3) is 4.08. The number of rotatable bonds is 4. The molecular weight excluding hydrogens is 437 g/mol. The minimum Gasteiger partial charge on any atom is -0.507 e. The first kappa shape index (κ1) is 21.9. The number of carbonyl (C=O) groups excluding carboxylic acids is 1. The Morgan fingerprint density at radius 3 is 2.34 bits per heavy atom. The van der Waals surface area contributed by atoms with Crippen LogP contribution in [0.1, 0.15) is 22.0 Å². The van der Waals surface area contributed by atoms with E-state index in [1.807, 2.05) is 0 Å². The van der Waals surface area contributed by atoms with Crippen molar-refractivity contribution in [2.45, 2.75) is 18.7 Å². The molecule has 1 aromatic heterocycles. The van der Waals surface area contributed by atoms with Crippen molar-refractivity contribution in [3.63, 3.8) is 0 Å². The lowest BCUT2D eigenvalue weighted by atomic mass is 10.2. The van der Waals surface area contributed by atoms with Gasteiger partial charge in [-0.2, -0.15) is 4.31 Å². The Labute approximate surface area is 184 Å². The van der Waals surface area contributed by atoms with Gasteiger partial charge in [-0.3, -0.25) is 4.79 Å². The molecular formula is C21H22FN5O4S. The van der Waals surface area contributed by atoms with Crippen LogP contribution in [0.25, 0.3) is 5.69 Å². The van der Waals surface area contributed by atoms with Crippen LogP contribution in [0.3, 0.4) is 0 Å². The molecule has 9 nitrogen and oxygen atoms in total. The molecule has 1 aliphatic heterocycles. The largest absolute Gasteiger partial charge is 0.507 e. The highest BCUT2D eigenvalue weighted by Crippen LogP contribution is 2.27. The second-order valence-corrected chi connectivity index (χ2v) is 9.44. The number of amides is 1. The summed E-state index contributed by atoms with van der Waals surface area (Å²) in [6, 6.07) is 10.1. The number of aromatic nitrogens is 3. The predicted molar refractivity (Wildman–Crippen MR) is 114 cm³/mol. The van der Waals surface area contributed by atoms with Crippen LogP contribution in [0.15, 0.2) is 47.4 Å². The third-order valence-corrected chi connectivity index (χ3v) is 7.22. The molecule has 2 aromatic carbocycles. The maximum Gasteiger partial charge on any atom is 0.293 e. The first-order valence-corrected chi connectivity index (χ1v) is 11.4. The standard InChI is InChI=1S/C21H22FN5O4S/c1-14-3-8-18(28)19(13-14)32(30,31)26-11-9-25(10-12-26)21(29)20-23-15(2)27(24-20)17-6-4-16(22)5-7-17/h3-8,13,28H,9-12H2,1-2H3. The summed E-state index contributed by atoms with van der Waals surface area (Å²) in [6.07, 6.45) is 0. The molecule has 1 amide bonds. The van der Waals surface area contributed by atoms with Crippen LogP contribution >= 0.6 is 0 Å². The Morgan fingerprint density at radius 2 is 1.69 bits per heavy atom. The van der Waals surface area contributed by atoms with Crippen LogP contribution in [0, 0.1) is 19.7 Å². The van der Waals surface area contributed by atoms with E-state index in [0.717, 1.165) is 0 Å². The summed E-state index contributed by atoms with van der Waals surface area (Å²) >= 11 is 0. The molecule has 168 valence electrons. The van der Waals surface area contributed by atoms with E-state index in [1.54, 1.807) is 19.9 Å². The van der Waals surface area contributed by atoms with Gasteiger partial charge in [0.1, 0.15) is 22.3 Å². The molecule has 1 aliphatic rings. The fraction of sp³-hybridized carbons (Fsp3) is 0.286. The van der Waals surface area contributed by atoms with Crippen LogP contribution in [-0.2, 0) is 10.0 Å². The highest BCUT2D eigenvalue weighted by molar-refractivity contribution is 7.89. The first-order valence-electron chi connectivity index (χ1n) is 9.95. The van der Waals surface area contributed by atoms with Gasteiger partial charge in [-0.1, -0.05) is 6.07 Å². The summed E-state index contributed by atoms with van der Waals surface area (Å²) in [5, 5.41) is 14.3. The van der Waals surface area contributed by atoms with Crippen molar-refractivity contribution in [2.75, 3.05) is 26.2 Å². The number of piperazine rings is 1. The summed E-state index contributed by atoms with van der Waals surface area (Å²) in [5.74, 6) is -0.644. The van der Waals surface area contributed by atoms with E-state index in [-0.39, 0.29) is 48.5 Å². The van der Waals surface area contributed by atoms with Gasteiger partial charge in [0, 0.05) is 26.2 Å². The molecule has 0 saturated carbocycles. The smallest absolute Gasteiger partial charge is 0.293 e. The van der Waals surface area contributed by atoms with Crippen molar-refractivity contribution in [2.24, 2.45) is 0 Å². The quantitative estimate of drug-likeness (QED) is 0.638. The number of hydrogen-bond donors (Lipinski definition) is 1. The number of carbonyl (C=O) groups is 1. The lowest BCUT2D eigenvalue weighted by molar-refractivity contribution is 0.0685. The number of aromatic hydroxyl groups is 1. The van der Waals surface area contributed by atoms with E-state index in [4.69, 9.17) is 0 Å². The van der Waals surface area contributed by atoms with Gasteiger partial charge in [-0.25, -0.2) is 22.5 Å². The first-order chi connectivity index (χ1) is 15.2. The van der Waals surface area contributed by atoms with Crippen molar-refractivity contribution in [1.29, 1.82) is 0 Å². The number of sulfonamides is 1. The van der Waals surface area contributed by atoms with Crippen LogP contribution in [0.4, 0.5) is 4.39 Å². The van der Waals surface area contributed by atoms with Gasteiger partial charge < -0.3 is 10.0 Å². The summed E-state index contributed by atoms with van der Waals surface area (Å²) in [6.45, 7) is 3.92. The van der Waals surface area contributed by atoms with E-state index in [9.17, 15) is 22.7 Å². The van der Waals surface area contributed by atoms with Crippen molar-refractivity contribution in [3.8, 4) is 11.4 Å². The van der Waals surface area contributed by atoms with Gasteiger partial charge in [0.15, 0.2) is 0 Å². The lowest BCUT2D eigenvalue weighted by Gasteiger charge is -2.33. The van der Waals surface area contributed by atoms with Gasteiger partial charge in [0.05, 0.1) is 5.69 Å². The Morgan fingerprint density at radius 1 is 1.03 bits per heavy atom. The minimum atomic E-state index is -3.89. The topological polar surface area (TPSA) is 109 Å². The molecule has 32 heavy (non-hydrogen) atoms. The average Bonchev–Trinajstić information content (AvgIpc) is 3.17. The van der Waals surface area contributed by atoms with E-state index in [1.165, 1.54) is 50.3 Å². The third-order valence-electron chi connectivity index (χ3n) is 5.29. The highest BCUT2D eigenvalue weighted by atomic mass is 32.2. The summed E-state index contributed by atoms with van der Waals surface area (Å²) in [5.41, 5.74) is 1.29. The molecule has 0 aliphatic carbocycles. The number of nitrogens with zero attached hydrogens (tertiary/aromatic N) is 5. The van der Waals surface area contributed by atoms with Crippen LogP contribution < -0.4 is 0 Å². The van der Waals surface area contributed by atoms with Gasteiger partial charge >= 0.3 is 0 Å². The monoisotopic (exact) mass is 459 g/mol. The molecule has 4 rings (SSSR count). The normalized spacial score (nSPS) is 15.2. The predicted octanol–water partition coefficient (Wildman–Crippen LogP) is 1.88. The molecule has 0 spiro atoms. The van der Waals surface area contributed by atoms with E-state index < -0.39 is 15.9 Å². The molecule has 3 aromatic rings. The molecule has 1 fully saturated rings. The van der Waals surface area contributed by atoms with Crippen molar-refractivity contribution >= 4 is 15.9 Å². The van der Waals surface area contributed by atoms with E-state index >= 15 is 0 Å². The zero-order chi connectivity index (χ0) is 23.0. The number of phenolic OH excluding ortho intramolecular Hbond substituents is 1. The Kier molecular flexibility index (Phi) is 5.70. The summed E-state index contributed by atoms with van der Waals surface area (Å²) in [7, 11) is -3.89. The molecule has 11 heteroatoms. The minimum absolute atomic E-state index is 0.0144. The van der Waals surface area contributed by atoms with Crippen molar-refractivity contribution in [1.82, 2.24) is 24.0 Å². The molecule has 1 N–H and O–H groups in total. The molecule has 2 heterocycles. The number of benzene rings is 2. The molecule has 0 bridgehead atoms. The lowest BCUT2D eigenvalue weighted by Crippen LogP contribution is -2.50. The highest BCUT2D eigenvalue weighted by Gasteiger charge is 2.33. The molecule has 0 atom stereocenters. The average molecular weight is 460 g/mol. The summed E-state index contributed by atoms with van der Waals surface area (Å²) < 4.78 is 41.8. The SMILES string of the molecule is Cc1ccc(O)c(S(=O)(=O)N2CCN(C(=O)c3nc(C)n(-c4ccc(F)cc4)n3)CC2)c1. The van der Waals surface area contributed by atoms with Gasteiger partial charge in [0.2, 0.25) is 15.8 Å². The van der Waals surface area contributed by atoms with Gasteiger partial charge in [-0.15, -0.1) is 5.10 Å². The van der Waals surface area contributed by atoms with E-state index in [0.29, 0.717) is 17.1 Å².